The number of rotatable bonds is 3. The Kier molecular flexibility index (Phi) is 6.20. The summed E-state index contributed by atoms with van der Waals surface area (Å²) in [6, 6.07) is 2.30. The van der Waals surface area contributed by atoms with Crippen molar-refractivity contribution in [1.82, 2.24) is 9.80 Å². The van der Waals surface area contributed by atoms with Gasteiger partial charge in [-0.3, -0.25) is 19.4 Å². The number of halogens is 3. The number of alkyl halides is 3. The number of hydrogen-bond acceptors (Lipinski definition) is 5. The first kappa shape index (κ1) is 21.9. The highest BCUT2D eigenvalue weighted by Gasteiger charge is 2.36. The van der Waals surface area contributed by atoms with Crippen molar-refractivity contribution in [3.05, 3.63) is 23.8 Å². The molecule has 0 aromatic heterocycles. The molecular weight excluding hydrogens is 405 g/mol. The highest BCUT2D eigenvalue weighted by atomic mass is 19.4. The molecule has 1 atom stereocenters. The maximum absolute atomic E-state index is 13.1. The summed E-state index contributed by atoms with van der Waals surface area (Å²) in [5, 5.41) is 2.40. The molecule has 164 valence electrons. The van der Waals surface area contributed by atoms with E-state index in [0.29, 0.717) is 26.2 Å². The van der Waals surface area contributed by atoms with E-state index in [4.69, 9.17) is 4.74 Å². The van der Waals surface area contributed by atoms with Gasteiger partial charge < -0.3 is 15.0 Å². The Morgan fingerprint density at radius 1 is 1.20 bits per heavy atom. The van der Waals surface area contributed by atoms with Crippen molar-refractivity contribution < 1.29 is 32.3 Å². The Balaban J connectivity index is 1.73. The fourth-order valence-electron chi connectivity index (χ4n) is 3.55. The zero-order valence-corrected chi connectivity index (χ0v) is 16.7. The van der Waals surface area contributed by atoms with Gasteiger partial charge in [-0.2, -0.15) is 13.2 Å². The van der Waals surface area contributed by atoms with Gasteiger partial charge in [0.25, 0.3) is 0 Å². The smallest absolute Gasteiger partial charge is 0.416 e. The fourth-order valence-corrected chi connectivity index (χ4v) is 3.55. The fraction of sp³-hybridized carbons (Fsp3) is 0.526. The largest absolute Gasteiger partial charge is 0.450 e. The van der Waals surface area contributed by atoms with Crippen molar-refractivity contribution in [2.75, 3.05) is 49.5 Å². The minimum Gasteiger partial charge on any atom is -0.450 e. The summed E-state index contributed by atoms with van der Waals surface area (Å²) in [4.78, 5) is 41.5. The van der Waals surface area contributed by atoms with Crippen molar-refractivity contribution in [2.45, 2.75) is 26.1 Å². The molecule has 30 heavy (non-hydrogen) atoms. The number of fused-ring (bicyclic) bond motifs is 1. The lowest BCUT2D eigenvalue weighted by Gasteiger charge is -2.39. The summed E-state index contributed by atoms with van der Waals surface area (Å²) in [5.41, 5.74) is -0.725. The maximum Gasteiger partial charge on any atom is 0.416 e. The van der Waals surface area contributed by atoms with E-state index in [1.54, 1.807) is 18.7 Å². The molecule has 1 aromatic carbocycles. The molecule has 2 aliphatic rings. The highest BCUT2D eigenvalue weighted by Crippen LogP contribution is 2.37. The number of piperazine rings is 1. The Bertz CT molecular complexity index is 838. The van der Waals surface area contributed by atoms with Crippen LogP contribution in [0.4, 0.5) is 29.3 Å². The second kappa shape index (κ2) is 8.50. The van der Waals surface area contributed by atoms with Gasteiger partial charge in [0, 0.05) is 26.2 Å². The summed E-state index contributed by atoms with van der Waals surface area (Å²) in [6.07, 6.45) is -4.96. The molecule has 1 unspecified atom stereocenters. The lowest BCUT2D eigenvalue weighted by molar-refractivity contribution is -0.137. The van der Waals surface area contributed by atoms with Gasteiger partial charge >= 0.3 is 12.3 Å². The van der Waals surface area contributed by atoms with E-state index in [1.165, 1.54) is 11.0 Å². The average molecular weight is 428 g/mol. The first-order chi connectivity index (χ1) is 14.1. The molecule has 3 amide bonds. The van der Waals surface area contributed by atoms with E-state index in [-0.39, 0.29) is 24.5 Å². The van der Waals surface area contributed by atoms with Gasteiger partial charge in [-0.25, -0.2) is 4.79 Å². The second-order valence-corrected chi connectivity index (χ2v) is 7.10. The van der Waals surface area contributed by atoms with Crippen LogP contribution in [-0.4, -0.2) is 73.1 Å². The first-order valence-electron chi connectivity index (χ1n) is 9.60. The zero-order valence-electron chi connectivity index (χ0n) is 16.7. The Morgan fingerprint density at radius 2 is 1.87 bits per heavy atom. The summed E-state index contributed by atoms with van der Waals surface area (Å²) < 4.78 is 43.9. The SMILES string of the molecule is CCOC(=O)N1CCN(C(C)C(=O)N2CC(=O)Nc3cc(C(F)(F)F)ccc32)CC1. The topological polar surface area (TPSA) is 82.2 Å². The third-order valence-electron chi connectivity index (χ3n) is 5.20. The molecule has 1 fully saturated rings. The number of nitrogens with one attached hydrogen (secondary N) is 1. The number of hydrogen-bond donors (Lipinski definition) is 1. The van der Waals surface area contributed by atoms with Gasteiger partial charge in [-0.15, -0.1) is 0 Å². The van der Waals surface area contributed by atoms with E-state index in [9.17, 15) is 27.6 Å². The molecule has 0 spiro atoms. The quantitative estimate of drug-likeness (QED) is 0.798. The number of amides is 3. The predicted octanol–water partition coefficient (Wildman–Crippen LogP) is 2.15. The van der Waals surface area contributed by atoms with Gasteiger partial charge in [0.1, 0.15) is 6.54 Å². The number of benzene rings is 1. The molecule has 8 nitrogen and oxygen atoms in total. The van der Waals surface area contributed by atoms with Crippen LogP contribution in [0.3, 0.4) is 0 Å². The van der Waals surface area contributed by atoms with Crippen LogP contribution in [0, 0.1) is 0 Å². The summed E-state index contributed by atoms with van der Waals surface area (Å²) in [7, 11) is 0. The van der Waals surface area contributed by atoms with Gasteiger partial charge in [-0.05, 0) is 32.0 Å². The van der Waals surface area contributed by atoms with E-state index >= 15 is 0 Å². The van der Waals surface area contributed by atoms with Crippen LogP contribution in [0.5, 0.6) is 0 Å². The molecule has 3 rings (SSSR count). The molecule has 11 heteroatoms. The Hall–Kier alpha value is -2.82. The van der Waals surface area contributed by atoms with Crippen molar-refractivity contribution in [3.63, 3.8) is 0 Å². The molecule has 2 heterocycles. The molecule has 1 saturated heterocycles. The first-order valence-corrected chi connectivity index (χ1v) is 9.60. The molecule has 0 aliphatic carbocycles. The standard InChI is InChI=1S/C19H23F3N4O4/c1-3-30-18(29)25-8-6-24(7-9-25)12(2)17(28)26-11-16(27)23-14-10-13(19(20,21)22)4-5-15(14)26/h4-5,10,12H,3,6-9,11H2,1-2H3,(H,23,27). The van der Waals surface area contributed by atoms with Gasteiger partial charge in [0.15, 0.2) is 0 Å². The number of carbonyl (C=O) groups is 3. The monoisotopic (exact) mass is 428 g/mol. The normalized spacial score (nSPS) is 18.5. The summed E-state index contributed by atoms with van der Waals surface area (Å²) in [6.45, 7) is 5.06. The van der Waals surface area contributed by atoms with Crippen molar-refractivity contribution in [3.8, 4) is 0 Å². The number of carbonyl (C=O) groups excluding carboxylic acids is 3. The van der Waals surface area contributed by atoms with E-state index in [1.807, 2.05) is 4.90 Å². The molecular formula is C19H23F3N4O4. The minimum absolute atomic E-state index is 0.0474. The third kappa shape index (κ3) is 4.50. The van der Waals surface area contributed by atoms with Crippen LogP contribution in [0.25, 0.3) is 0 Å². The van der Waals surface area contributed by atoms with Gasteiger partial charge in [0.05, 0.1) is 29.6 Å². The zero-order chi connectivity index (χ0) is 22.1. The molecule has 2 aliphatic heterocycles. The Morgan fingerprint density at radius 3 is 2.47 bits per heavy atom. The van der Waals surface area contributed by atoms with Crippen LogP contribution >= 0.6 is 0 Å². The van der Waals surface area contributed by atoms with E-state index in [2.05, 4.69) is 5.32 Å². The third-order valence-corrected chi connectivity index (χ3v) is 5.20. The number of anilines is 2. The summed E-state index contributed by atoms with van der Waals surface area (Å²) in [5.74, 6) is -0.954. The number of ether oxygens (including phenoxy) is 1. The van der Waals surface area contributed by atoms with E-state index < -0.39 is 35.7 Å². The van der Waals surface area contributed by atoms with E-state index in [0.717, 1.165) is 12.1 Å². The molecule has 0 radical (unpaired) electrons. The molecule has 0 bridgehead atoms. The van der Waals surface area contributed by atoms with Crippen LogP contribution < -0.4 is 10.2 Å². The van der Waals surface area contributed by atoms with Crippen molar-refractivity contribution >= 4 is 29.3 Å². The molecule has 0 saturated carbocycles. The highest BCUT2D eigenvalue weighted by molar-refractivity contribution is 6.11. The van der Waals surface area contributed by atoms with Crippen LogP contribution in [0.1, 0.15) is 19.4 Å². The maximum atomic E-state index is 13.1. The van der Waals surface area contributed by atoms with Crippen LogP contribution in [0.15, 0.2) is 18.2 Å². The lowest BCUT2D eigenvalue weighted by Crippen LogP contribution is -2.57. The average Bonchev–Trinajstić information content (AvgIpc) is 2.71. The molecule has 1 aromatic rings. The summed E-state index contributed by atoms with van der Waals surface area (Å²) >= 11 is 0. The van der Waals surface area contributed by atoms with Gasteiger partial charge in [0.2, 0.25) is 11.8 Å². The van der Waals surface area contributed by atoms with Crippen LogP contribution in [0.2, 0.25) is 0 Å². The second-order valence-electron chi connectivity index (χ2n) is 7.10. The van der Waals surface area contributed by atoms with Crippen molar-refractivity contribution in [1.29, 1.82) is 0 Å². The number of nitrogens with zero attached hydrogens (tertiary/aromatic N) is 3. The minimum atomic E-state index is -4.56. The van der Waals surface area contributed by atoms with Gasteiger partial charge in [-0.1, -0.05) is 0 Å². The predicted molar refractivity (Wildman–Crippen MR) is 102 cm³/mol. The van der Waals surface area contributed by atoms with Crippen LogP contribution in [-0.2, 0) is 20.5 Å². The lowest BCUT2D eigenvalue weighted by atomic mass is 10.1. The van der Waals surface area contributed by atoms with Crippen molar-refractivity contribution in [2.24, 2.45) is 0 Å². The Labute approximate surface area is 171 Å². The molecule has 1 N–H and O–H groups in total.